The van der Waals surface area contributed by atoms with E-state index >= 15 is 0 Å². The van der Waals surface area contributed by atoms with Crippen LogP contribution in [-0.4, -0.2) is 10.2 Å². The molecule has 1 aromatic rings. The Morgan fingerprint density at radius 3 is 2.68 bits per heavy atom. The Bertz CT molecular complexity index is 541. The van der Waals surface area contributed by atoms with Crippen molar-refractivity contribution in [2.24, 2.45) is 5.92 Å². The van der Waals surface area contributed by atoms with Crippen LogP contribution >= 0.6 is 0 Å². The van der Waals surface area contributed by atoms with Crippen LogP contribution in [0.5, 0.6) is 5.75 Å². The second-order valence-corrected chi connectivity index (χ2v) is 7.20. The van der Waals surface area contributed by atoms with E-state index in [-0.39, 0.29) is 6.61 Å². The summed E-state index contributed by atoms with van der Waals surface area (Å²) in [5.74, 6) is 1.86. The van der Waals surface area contributed by atoms with Gasteiger partial charge in [0, 0.05) is 5.56 Å². The number of aliphatic hydroxyl groups is 1. The van der Waals surface area contributed by atoms with E-state index in [0.29, 0.717) is 23.5 Å². The maximum atomic E-state index is 10.4. The molecular formula is C20H30O2. The highest BCUT2D eigenvalue weighted by atomic mass is 16.3. The zero-order valence-electron chi connectivity index (χ0n) is 14.4. The largest absolute Gasteiger partial charge is 0.508 e. The van der Waals surface area contributed by atoms with Gasteiger partial charge >= 0.3 is 0 Å². The molecule has 22 heavy (non-hydrogen) atoms. The van der Waals surface area contributed by atoms with E-state index in [1.165, 1.54) is 24.0 Å². The molecule has 0 radical (unpaired) electrons. The third kappa shape index (κ3) is 3.73. The van der Waals surface area contributed by atoms with E-state index < -0.39 is 0 Å². The van der Waals surface area contributed by atoms with Crippen LogP contribution in [0.1, 0.15) is 81.9 Å². The van der Waals surface area contributed by atoms with Crippen LogP contribution in [-0.2, 0) is 6.61 Å². The van der Waals surface area contributed by atoms with Crippen LogP contribution in [0.15, 0.2) is 23.8 Å². The SMILES string of the molecule is CC(C)=CCCC(C)C1CCC(C)c2c(O)cc(CO)cc21. The molecule has 1 aliphatic rings. The van der Waals surface area contributed by atoms with E-state index in [2.05, 4.69) is 39.8 Å². The van der Waals surface area contributed by atoms with Gasteiger partial charge in [-0.05, 0) is 74.5 Å². The zero-order chi connectivity index (χ0) is 16.3. The predicted molar refractivity (Wildman–Crippen MR) is 92.2 cm³/mol. The van der Waals surface area contributed by atoms with Crippen LogP contribution in [0.3, 0.4) is 0 Å². The summed E-state index contributed by atoms with van der Waals surface area (Å²) < 4.78 is 0. The molecule has 0 amide bonds. The van der Waals surface area contributed by atoms with Gasteiger partial charge in [-0.25, -0.2) is 0 Å². The quantitative estimate of drug-likeness (QED) is 0.729. The van der Waals surface area contributed by atoms with Gasteiger partial charge in [-0.2, -0.15) is 0 Å². The molecule has 2 nitrogen and oxygen atoms in total. The minimum atomic E-state index is -0.00586. The van der Waals surface area contributed by atoms with Crippen LogP contribution < -0.4 is 0 Å². The van der Waals surface area contributed by atoms with Crippen molar-refractivity contribution < 1.29 is 10.2 Å². The number of phenolic OH excluding ortho intramolecular Hbond substituents is 1. The molecule has 2 N–H and O–H groups in total. The average molecular weight is 302 g/mol. The second kappa shape index (κ2) is 7.32. The number of allylic oxidation sites excluding steroid dienone is 2. The van der Waals surface area contributed by atoms with E-state index in [1.807, 2.05) is 0 Å². The van der Waals surface area contributed by atoms with Crippen LogP contribution in [0, 0.1) is 5.92 Å². The summed E-state index contributed by atoms with van der Waals surface area (Å²) in [5, 5.41) is 19.8. The Kier molecular flexibility index (Phi) is 5.69. The summed E-state index contributed by atoms with van der Waals surface area (Å²) in [6, 6.07) is 3.85. The van der Waals surface area contributed by atoms with Crippen LogP contribution in [0.25, 0.3) is 0 Å². The molecule has 1 aliphatic carbocycles. The maximum absolute atomic E-state index is 10.4. The summed E-state index contributed by atoms with van der Waals surface area (Å²) in [7, 11) is 0. The molecule has 3 unspecified atom stereocenters. The molecule has 3 atom stereocenters. The minimum Gasteiger partial charge on any atom is -0.508 e. The molecule has 1 aromatic carbocycles. The molecule has 0 heterocycles. The lowest BCUT2D eigenvalue weighted by Gasteiger charge is -2.34. The van der Waals surface area contributed by atoms with Gasteiger partial charge in [-0.3, -0.25) is 0 Å². The molecular weight excluding hydrogens is 272 g/mol. The average Bonchev–Trinajstić information content (AvgIpc) is 2.46. The third-order valence-corrected chi connectivity index (χ3v) is 5.10. The van der Waals surface area contributed by atoms with Crippen molar-refractivity contribution in [1.29, 1.82) is 0 Å². The van der Waals surface area contributed by atoms with E-state index in [4.69, 9.17) is 0 Å². The summed E-state index contributed by atoms with van der Waals surface area (Å²) in [5.41, 5.74) is 4.59. The van der Waals surface area contributed by atoms with E-state index in [0.717, 1.165) is 24.0 Å². The number of fused-ring (bicyclic) bond motifs is 1. The summed E-state index contributed by atoms with van der Waals surface area (Å²) in [6.07, 6.45) is 6.92. The number of hydrogen-bond acceptors (Lipinski definition) is 2. The monoisotopic (exact) mass is 302 g/mol. The van der Waals surface area contributed by atoms with Crippen molar-refractivity contribution >= 4 is 0 Å². The van der Waals surface area contributed by atoms with Gasteiger partial charge in [-0.15, -0.1) is 0 Å². The fourth-order valence-electron chi connectivity index (χ4n) is 3.81. The molecule has 122 valence electrons. The van der Waals surface area contributed by atoms with Gasteiger partial charge in [0.2, 0.25) is 0 Å². The number of hydrogen-bond donors (Lipinski definition) is 2. The molecule has 0 bridgehead atoms. The molecule has 0 saturated heterocycles. The highest BCUT2D eigenvalue weighted by Crippen LogP contribution is 2.47. The molecule has 2 heteroatoms. The standard InChI is InChI=1S/C20H30O2/c1-13(2)6-5-7-14(3)17-9-8-15(4)20-18(17)10-16(12-21)11-19(20)22/h6,10-11,14-15,17,21-22H,5,7-9,12H2,1-4H3. The first kappa shape index (κ1) is 17.1. The maximum Gasteiger partial charge on any atom is 0.119 e. The number of aliphatic hydroxyl groups excluding tert-OH is 1. The normalized spacial score (nSPS) is 22.0. The lowest BCUT2D eigenvalue weighted by molar-refractivity contribution is 0.280. The fourth-order valence-corrected chi connectivity index (χ4v) is 3.81. The number of aromatic hydroxyl groups is 1. The van der Waals surface area contributed by atoms with E-state index in [1.54, 1.807) is 6.07 Å². The summed E-state index contributed by atoms with van der Waals surface area (Å²) in [4.78, 5) is 0. The highest BCUT2D eigenvalue weighted by molar-refractivity contribution is 5.48. The fraction of sp³-hybridized carbons (Fsp3) is 0.600. The summed E-state index contributed by atoms with van der Waals surface area (Å²) in [6.45, 7) is 8.81. The minimum absolute atomic E-state index is 0.00586. The number of rotatable bonds is 5. The van der Waals surface area contributed by atoms with Gasteiger partial charge in [0.15, 0.2) is 0 Å². The molecule has 0 aromatic heterocycles. The Hall–Kier alpha value is -1.28. The Labute approximate surface area is 134 Å². The van der Waals surface area contributed by atoms with Crippen molar-refractivity contribution in [2.45, 2.75) is 71.8 Å². The number of phenols is 1. The first-order valence-corrected chi connectivity index (χ1v) is 8.54. The number of benzene rings is 1. The topological polar surface area (TPSA) is 40.5 Å². The lowest BCUT2D eigenvalue weighted by Crippen LogP contribution is -2.19. The summed E-state index contributed by atoms with van der Waals surface area (Å²) >= 11 is 0. The molecule has 2 rings (SSSR count). The van der Waals surface area contributed by atoms with Crippen LogP contribution in [0.4, 0.5) is 0 Å². The van der Waals surface area contributed by atoms with Crippen molar-refractivity contribution in [3.05, 3.63) is 40.5 Å². The molecule has 0 fully saturated rings. The first-order valence-electron chi connectivity index (χ1n) is 8.54. The molecule has 0 spiro atoms. The Morgan fingerprint density at radius 1 is 1.32 bits per heavy atom. The lowest BCUT2D eigenvalue weighted by atomic mass is 9.71. The van der Waals surface area contributed by atoms with Crippen molar-refractivity contribution in [3.63, 3.8) is 0 Å². The third-order valence-electron chi connectivity index (χ3n) is 5.10. The zero-order valence-corrected chi connectivity index (χ0v) is 14.4. The van der Waals surface area contributed by atoms with Crippen molar-refractivity contribution in [2.75, 3.05) is 0 Å². The Balaban J connectivity index is 2.27. The second-order valence-electron chi connectivity index (χ2n) is 7.20. The van der Waals surface area contributed by atoms with Crippen molar-refractivity contribution in [3.8, 4) is 5.75 Å². The van der Waals surface area contributed by atoms with E-state index in [9.17, 15) is 10.2 Å². The first-order chi connectivity index (χ1) is 10.4. The van der Waals surface area contributed by atoms with Crippen LogP contribution in [0.2, 0.25) is 0 Å². The molecule has 0 aliphatic heterocycles. The van der Waals surface area contributed by atoms with Gasteiger partial charge in [0.25, 0.3) is 0 Å². The Morgan fingerprint density at radius 2 is 2.05 bits per heavy atom. The van der Waals surface area contributed by atoms with Gasteiger partial charge in [0.05, 0.1) is 6.61 Å². The smallest absolute Gasteiger partial charge is 0.119 e. The predicted octanol–water partition coefficient (Wildman–Crippen LogP) is 5.25. The van der Waals surface area contributed by atoms with Gasteiger partial charge in [0.1, 0.15) is 5.75 Å². The van der Waals surface area contributed by atoms with Gasteiger partial charge in [-0.1, -0.05) is 31.6 Å². The van der Waals surface area contributed by atoms with Gasteiger partial charge < -0.3 is 10.2 Å². The van der Waals surface area contributed by atoms with Crippen molar-refractivity contribution in [1.82, 2.24) is 0 Å². The molecule has 0 saturated carbocycles. The highest BCUT2D eigenvalue weighted by Gasteiger charge is 2.30.